The lowest BCUT2D eigenvalue weighted by atomic mass is 10.2. The van der Waals surface area contributed by atoms with Crippen LogP contribution in [0.15, 0.2) is 29.1 Å². The molecule has 1 aliphatic carbocycles. The summed E-state index contributed by atoms with van der Waals surface area (Å²) >= 11 is 1.69. The van der Waals surface area contributed by atoms with Crippen molar-refractivity contribution in [1.29, 1.82) is 0 Å². The molecule has 0 amide bonds. The predicted octanol–water partition coefficient (Wildman–Crippen LogP) is 3.23. The predicted molar refractivity (Wildman–Crippen MR) is 120 cm³/mol. The van der Waals surface area contributed by atoms with Crippen LogP contribution in [0, 0.1) is 0 Å². The fraction of sp³-hybridized carbons (Fsp3) is 0.455. The summed E-state index contributed by atoms with van der Waals surface area (Å²) in [6.45, 7) is 8.29. The molecule has 3 heterocycles. The summed E-state index contributed by atoms with van der Waals surface area (Å²) < 4.78 is 0. The fourth-order valence-electron chi connectivity index (χ4n) is 4.43. The van der Waals surface area contributed by atoms with Crippen LogP contribution < -0.4 is 15.8 Å². The molecule has 0 radical (unpaired) electrons. The molecule has 2 aromatic heterocycles. The third kappa shape index (κ3) is 3.65. The average molecular weight is 410 g/mol. The van der Waals surface area contributed by atoms with Gasteiger partial charge in [0.15, 0.2) is 0 Å². The van der Waals surface area contributed by atoms with Crippen molar-refractivity contribution in [2.45, 2.75) is 32.7 Å². The molecule has 29 heavy (non-hydrogen) atoms. The number of anilines is 2. The molecular formula is C22H27N5OS. The quantitative estimate of drug-likeness (QED) is 0.677. The van der Waals surface area contributed by atoms with Crippen LogP contribution in [0.5, 0.6) is 0 Å². The van der Waals surface area contributed by atoms with Crippen LogP contribution >= 0.6 is 11.3 Å². The van der Waals surface area contributed by atoms with E-state index in [1.807, 2.05) is 0 Å². The van der Waals surface area contributed by atoms with E-state index in [2.05, 4.69) is 51.3 Å². The van der Waals surface area contributed by atoms with Crippen LogP contribution in [0.2, 0.25) is 0 Å². The van der Waals surface area contributed by atoms with Crippen molar-refractivity contribution >= 4 is 32.9 Å². The lowest BCUT2D eigenvalue weighted by molar-refractivity contribution is 0.271. The first-order valence-corrected chi connectivity index (χ1v) is 11.4. The van der Waals surface area contributed by atoms with Gasteiger partial charge in [0.05, 0.1) is 11.9 Å². The second-order valence-corrected chi connectivity index (χ2v) is 8.96. The minimum Gasteiger partial charge on any atom is -0.378 e. The van der Waals surface area contributed by atoms with E-state index in [1.54, 1.807) is 11.3 Å². The van der Waals surface area contributed by atoms with Gasteiger partial charge >= 0.3 is 0 Å². The zero-order valence-electron chi connectivity index (χ0n) is 16.8. The van der Waals surface area contributed by atoms with Gasteiger partial charge in [0.2, 0.25) is 0 Å². The summed E-state index contributed by atoms with van der Waals surface area (Å²) in [5.41, 5.74) is 3.55. The third-order valence-corrected chi connectivity index (χ3v) is 7.32. The van der Waals surface area contributed by atoms with Crippen LogP contribution in [0.3, 0.4) is 0 Å². The van der Waals surface area contributed by atoms with Gasteiger partial charge in [0, 0.05) is 42.4 Å². The van der Waals surface area contributed by atoms with Crippen molar-refractivity contribution in [3.05, 3.63) is 50.9 Å². The molecular weight excluding hydrogens is 382 g/mol. The fourth-order valence-corrected chi connectivity index (χ4v) is 5.71. The van der Waals surface area contributed by atoms with Crippen molar-refractivity contribution in [1.82, 2.24) is 14.9 Å². The number of likely N-dealkylation sites (N-methyl/N-ethyl adjacent to an activating group) is 1. The Morgan fingerprint density at radius 3 is 2.69 bits per heavy atom. The zero-order valence-corrected chi connectivity index (χ0v) is 17.6. The molecule has 7 heteroatoms. The first-order chi connectivity index (χ1) is 14.2. The van der Waals surface area contributed by atoms with E-state index >= 15 is 0 Å². The number of piperazine rings is 1. The second-order valence-electron chi connectivity index (χ2n) is 7.87. The molecule has 0 saturated carbocycles. The molecule has 1 aliphatic heterocycles. The van der Waals surface area contributed by atoms with Crippen LogP contribution in [-0.4, -0.2) is 47.6 Å². The highest BCUT2D eigenvalue weighted by Gasteiger charge is 2.21. The number of aromatic amines is 1. The Balaban J connectivity index is 1.25. The Labute approximate surface area is 174 Å². The number of aromatic nitrogens is 2. The van der Waals surface area contributed by atoms with E-state index in [-0.39, 0.29) is 5.56 Å². The zero-order chi connectivity index (χ0) is 19.8. The van der Waals surface area contributed by atoms with Gasteiger partial charge in [-0.2, -0.15) is 0 Å². The minimum absolute atomic E-state index is 0.00719. The van der Waals surface area contributed by atoms with E-state index in [9.17, 15) is 4.79 Å². The minimum atomic E-state index is 0.00719. The third-order valence-electron chi connectivity index (χ3n) is 6.14. The normalized spacial score (nSPS) is 17.1. The Hall–Kier alpha value is -2.38. The summed E-state index contributed by atoms with van der Waals surface area (Å²) in [6.07, 6.45) is 3.25. The molecule has 0 atom stereocenters. The maximum atomic E-state index is 12.6. The monoisotopic (exact) mass is 409 g/mol. The number of aryl methyl sites for hydroxylation is 2. The Kier molecular flexibility index (Phi) is 5.01. The maximum Gasteiger partial charge on any atom is 0.259 e. The molecule has 152 valence electrons. The molecule has 5 rings (SSSR count). The first kappa shape index (κ1) is 18.6. The molecule has 1 saturated heterocycles. The molecule has 6 nitrogen and oxygen atoms in total. The molecule has 0 unspecified atom stereocenters. The SMILES string of the molecule is CCN1CCN(c2ccc(NCc3nc4sc5c(c4c(=O)[nH]3)CCC5)cc2)CC1. The highest BCUT2D eigenvalue weighted by molar-refractivity contribution is 7.18. The molecule has 2 aliphatic rings. The van der Waals surface area contributed by atoms with E-state index < -0.39 is 0 Å². The van der Waals surface area contributed by atoms with E-state index in [1.165, 1.54) is 16.1 Å². The Morgan fingerprint density at radius 2 is 1.93 bits per heavy atom. The summed E-state index contributed by atoms with van der Waals surface area (Å²) in [6, 6.07) is 8.57. The highest BCUT2D eigenvalue weighted by Crippen LogP contribution is 2.34. The topological polar surface area (TPSA) is 64.3 Å². The molecule has 0 bridgehead atoms. The van der Waals surface area contributed by atoms with E-state index in [4.69, 9.17) is 4.98 Å². The summed E-state index contributed by atoms with van der Waals surface area (Å²) in [7, 11) is 0. The van der Waals surface area contributed by atoms with Gasteiger partial charge in [-0.15, -0.1) is 11.3 Å². The largest absolute Gasteiger partial charge is 0.378 e. The number of H-pyrrole nitrogens is 1. The van der Waals surface area contributed by atoms with Gasteiger partial charge in [-0.25, -0.2) is 4.98 Å². The summed E-state index contributed by atoms with van der Waals surface area (Å²) in [5, 5.41) is 4.21. The second kappa shape index (κ2) is 7.80. The van der Waals surface area contributed by atoms with Gasteiger partial charge < -0.3 is 20.1 Å². The molecule has 2 N–H and O–H groups in total. The van der Waals surface area contributed by atoms with Gasteiger partial charge in [-0.05, 0) is 55.6 Å². The van der Waals surface area contributed by atoms with Crippen molar-refractivity contribution < 1.29 is 0 Å². The standard InChI is InChI=1S/C22H27N5OS/c1-2-26-10-12-27(13-11-26)16-8-6-15(7-9-16)23-14-19-24-21(28)20-17-4-3-5-18(17)29-22(20)25-19/h6-9,23H,2-5,10-14H2,1H3,(H,24,25,28). The molecule has 1 aromatic carbocycles. The maximum absolute atomic E-state index is 12.6. The number of hydrogen-bond acceptors (Lipinski definition) is 6. The summed E-state index contributed by atoms with van der Waals surface area (Å²) in [5.74, 6) is 0.696. The summed E-state index contributed by atoms with van der Waals surface area (Å²) in [4.78, 5) is 27.4. The Bertz CT molecular complexity index is 1060. The van der Waals surface area contributed by atoms with Gasteiger partial charge in [-0.3, -0.25) is 4.79 Å². The van der Waals surface area contributed by atoms with Gasteiger partial charge in [0.1, 0.15) is 10.7 Å². The van der Waals surface area contributed by atoms with Crippen molar-refractivity contribution in [3.8, 4) is 0 Å². The van der Waals surface area contributed by atoms with Crippen LogP contribution in [-0.2, 0) is 19.4 Å². The molecule has 0 spiro atoms. The van der Waals surface area contributed by atoms with E-state index in [0.717, 1.165) is 67.9 Å². The van der Waals surface area contributed by atoms with Crippen molar-refractivity contribution in [2.75, 3.05) is 42.9 Å². The number of benzene rings is 1. The molecule has 3 aromatic rings. The van der Waals surface area contributed by atoms with Crippen molar-refractivity contribution in [3.63, 3.8) is 0 Å². The van der Waals surface area contributed by atoms with Gasteiger partial charge in [-0.1, -0.05) is 6.92 Å². The van der Waals surface area contributed by atoms with Gasteiger partial charge in [0.25, 0.3) is 5.56 Å². The number of fused-ring (bicyclic) bond motifs is 3. The highest BCUT2D eigenvalue weighted by atomic mass is 32.1. The van der Waals surface area contributed by atoms with Crippen LogP contribution in [0.25, 0.3) is 10.2 Å². The number of hydrogen-bond donors (Lipinski definition) is 2. The number of nitrogens with zero attached hydrogens (tertiary/aromatic N) is 3. The number of thiophene rings is 1. The van der Waals surface area contributed by atoms with Crippen LogP contribution in [0.1, 0.15) is 29.6 Å². The number of rotatable bonds is 5. The van der Waals surface area contributed by atoms with E-state index in [0.29, 0.717) is 12.4 Å². The molecule has 1 fully saturated rings. The number of nitrogens with one attached hydrogen (secondary N) is 2. The Morgan fingerprint density at radius 1 is 1.14 bits per heavy atom. The van der Waals surface area contributed by atoms with Crippen LogP contribution in [0.4, 0.5) is 11.4 Å². The lowest BCUT2D eigenvalue weighted by Crippen LogP contribution is -2.46. The van der Waals surface area contributed by atoms with Crippen molar-refractivity contribution in [2.24, 2.45) is 0 Å². The first-order valence-electron chi connectivity index (χ1n) is 10.6. The lowest BCUT2D eigenvalue weighted by Gasteiger charge is -2.35. The smallest absolute Gasteiger partial charge is 0.259 e. The average Bonchev–Trinajstić information content (AvgIpc) is 3.34.